The summed E-state index contributed by atoms with van der Waals surface area (Å²) in [6, 6.07) is 0. The van der Waals surface area contributed by atoms with Crippen molar-refractivity contribution in [3.05, 3.63) is 16.1 Å². The van der Waals surface area contributed by atoms with Gasteiger partial charge in [-0.05, 0) is 51.5 Å². The Morgan fingerprint density at radius 1 is 1.50 bits per heavy atom. The molecule has 1 aromatic heterocycles. The molecular weight excluding hydrogens is 268 g/mol. The van der Waals surface area contributed by atoms with Crippen molar-refractivity contribution in [1.82, 2.24) is 10.3 Å². The van der Waals surface area contributed by atoms with Gasteiger partial charge in [-0.25, -0.2) is 4.98 Å². The molecule has 3 nitrogen and oxygen atoms in total. The molecule has 0 spiro atoms. The van der Waals surface area contributed by atoms with E-state index in [1.165, 1.54) is 36.3 Å². The number of hydrogen-bond donors (Lipinski definition) is 1. The number of nitrogens with one attached hydrogen (secondary N) is 1. The Morgan fingerprint density at radius 2 is 2.35 bits per heavy atom. The Kier molecular flexibility index (Phi) is 4.43. The maximum absolute atomic E-state index is 6.14. The summed E-state index contributed by atoms with van der Waals surface area (Å²) < 4.78 is 6.14. The highest BCUT2D eigenvalue weighted by molar-refractivity contribution is 7.09. The number of thiazole rings is 1. The van der Waals surface area contributed by atoms with Gasteiger partial charge >= 0.3 is 0 Å². The quantitative estimate of drug-likeness (QED) is 0.838. The van der Waals surface area contributed by atoms with Crippen LogP contribution in [0.15, 0.2) is 5.51 Å². The molecule has 112 valence electrons. The molecule has 1 aliphatic heterocycles. The van der Waals surface area contributed by atoms with E-state index < -0.39 is 0 Å². The lowest BCUT2D eigenvalue weighted by Gasteiger charge is -2.34. The van der Waals surface area contributed by atoms with Crippen molar-refractivity contribution in [2.45, 2.75) is 52.1 Å². The van der Waals surface area contributed by atoms with Gasteiger partial charge in [0.05, 0.1) is 17.3 Å². The van der Waals surface area contributed by atoms with Gasteiger partial charge in [-0.3, -0.25) is 0 Å². The molecule has 2 atom stereocenters. The summed E-state index contributed by atoms with van der Waals surface area (Å²) in [5.41, 5.74) is 3.55. The van der Waals surface area contributed by atoms with Crippen LogP contribution in [0.5, 0.6) is 0 Å². The second-order valence-corrected chi connectivity index (χ2v) is 7.32. The third kappa shape index (κ3) is 2.92. The molecule has 2 aliphatic rings. The van der Waals surface area contributed by atoms with Crippen molar-refractivity contribution in [1.29, 1.82) is 0 Å². The molecule has 2 heterocycles. The minimum Gasteiger partial charge on any atom is -0.377 e. The molecule has 2 unspecified atom stereocenters. The summed E-state index contributed by atoms with van der Waals surface area (Å²) in [6.45, 7) is 7.45. The Hall–Kier alpha value is -0.450. The molecule has 2 fully saturated rings. The molecule has 3 rings (SSSR count). The van der Waals surface area contributed by atoms with E-state index in [4.69, 9.17) is 4.74 Å². The normalized spacial score (nSPS) is 30.0. The van der Waals surface area contributed by atoms with Crippen molar-refractivity contribution in [2.24, 2.45) is 11.3 Å². The van der Waals surface area contributed by atoms with Gasteiger partial charge in [-0.2, -0.15) is 0 Å². The number of aromatic nitrogens is 1. The van der Waals surface area contributed by atoms with Crippen LogP contribution in [-0.2, 0) is 11.2 Å². The molecule has 1 saturated heterocycles. The van der Waals surface area contributed by atoms with Gasteiger partial charge < -0.3 is 10.1 Å². The van der Waals surface area contributed by atoms with Crippen LogP contribution >= 0.6 is 11.3 Å². The molecule has 1 aliphatic carbocycles. The summed E-state index contributed by atoms with van der Waals surface area (Å²) in [4.78, 5) is 5.85. The van der Waals surface area contributed by atoms with Crippen molar-refractivity contribution in [3.63, 3.8) is 0 Å². The van der Waals surface area contributed by atoms with Crippen LogP contribution < -0.4 is 5.32 Å². The summed E-state index contributed by atoms with van der Waals surface area (Å²) in [5.74, 6) is 0.832. The zero-order valence-corrected chi connectivity index (χ0v) is 13.5. The average molecular weight is 294 g/mol. The molecule has 4 heteroatoms. The predicted molar refractivity (Wildman–Crippen MR) is 83.2 cm³/mol. The summed E-state index contributed by atoms with van der Waals surface area (Å²) >= 11 is 1.81. The Bertz CT molecular complexity index is 443. The number of aryl methyl sites for hydroxylation is 2. The maximum Gasteiger partial charge on any atom is 0.0797 e. The van der Waals surface area contributed by atoms with E-state index in [-0.39, 0.29) is 0 Å². The fourth-order valence-electron chi connectivity index (χ4n) is 3.59. The van der Waals surface area contributed by atoms with Crippen molar-refractivity contribution in [3.8, 4) is 0 Å². The fraction of sp³-hybridized carbons (Fsp3) is 0.812. The van der Waals surface area contributed by atoms with E-state index in [2.05, 4.69) is 24.1 Å². The predicted octanol–water partition coefficient (Wildman–Crippen LogP) is 3.18. The number of rotatable bonds is 7. The summed E-state index contributed by atoms with van der Waals surface area (Å²) in [6.07, 6.45) is 6.86. The molecular formula is C16H26N2OS. The van der Waals surface area contributed by atoms with Crippen LogP contribution in [-0.4, -0.2) is 30.8 Å². The fourth-order valence-corrected chi connectivity index (χ4v) is 4.37. The maximum atomic E-state index is 6.14. The molecule has 0 bridgehead atoms. The van der Waals surface area contributed by atoms with Gasteiger partial charge in [0.15, 0.2) is 0 Å². The highest BCUT2D eigenvalue weighted by Crippen LogP contribution is 2.49. The van der Waals surface area contributed by atoms with Crippen molar-refractivity contribution >= 4 is 11.3 Å². The first-order valence-electron chi connectivity index (χ1n) is 7.96. The number of nitrogens with zero attached hydrogens (tertiary/aromatic N) is 1. The second-order valence-electron chi connectivity index (χ2n) is 6.38. The second kappa shape index (κ2) is 6.12. The zero-order chi connectivity index (χ0) is 14.0. The van der Waals surface area contributed by atoms with E-state index in [9.17, 15) is 0 Å². The van der Waals surface area contributed by atoms with Crippen LogP contribution in [0.25, 0.3) is 0 Å². The Labute approximate surface area is 126 Å². The van der Waals surface area contributed by atoms with Crippen LogP contribution in [0.4, 0.5) is 0 Å². The van der Waals surface area contributed by atoms with E-state index in [1.807, 2.05) is 16.8 Å². The standard InChI is InChI=1S/C16H26N2OS/c1-3-17-10-16(7-6-14-12(2)18-11-20-14)8-9-19-15(16)13-4-5-13/h11,13,15,17H,3-10H2,1-2H3. The van der Waals surface area contributed by atoms with Gasteiger partial charge in [0.2, 0.25) is 0 Å². The third-order valence-corrected chi connectivity index (χ3v) is 5.97. The van der Waals surface area contributed by atoms with Gasteiger partial charge in [0.25, 0.3) is 0 Å². The van der Waals surface area contributed by atoms with Crippen LogP contribution in [0, 0.1) is 18.3 Å². The smallest absolute Gasteiger partial charge is 0.0797 e. The number of ether oxygens (including phenoxy) is 1. The summed E-state index contributed by atoms with van der Waals surface area (Å²) in [7, 11) is 0. The Morgan fingerprint density at radius 3 is 3.00 bits per heavy atom. The number of hydrogen-bond acceptors (Lipinski definition) is 4. The van der Waals surface area contributed by atoms with Crippen LogP contribution in [0.3, 0.4) is 0 Å². The highest BCUT2D eigenvalue weighted by Gasteiger charge is 2.50. The topological polar surface area (TPSA) is 34.2 Å². The lowest BCUT2D eigenvalue weighted by Crippen LogP contribution is -2.42. The lowest BCUT2D eigenvalue weighted by molar-refractivity contribution is 0.0270. The van der Waals surface area contributed by atoms with Crippen molar-refractivity contribution < 1.29 is 4.74 Å². The molecule has 0 radical (unpaired) electrons. The van der Waals surface area contributed by atoms with Gasteiger partial charge in [0, 0.05) is 23.4 Å². The molecule has 20 heavy (non-hydrogen) atoms. The van der Waals surface area contributed by atoms with Crippen LogP contribution in [0.2, 0.25) is 0 Å². The van der Waals surface area contributed by atoms with E-state index in [0.717, 1.165) is 32.0 Å². The first-order chi connectivity index (χ1) is 9.75. The average Bonchev–Trinajstić information content (AvgIpc) is 3.08. The largest absolute Gasteiger partial charge is 0.377 e. The summed E-state index contributed by atoms with van der Waals surface area (Å²) in [5, 5.41) is 3.60. The monoisotopic (exact) mass is 294 g/mol. The van der Waals surface area contributed by atoms with Crippen LogP contribution in [0.1, 0.15) is 43.2 Å². The first kappa shape index (κ1) is 14.5. The van der Waals surface area contributed by atoms with Gasteiger partial charge in [-0.1, -0.05) is 6.92 Å². The molecule has 0 aromatic carbocycles. The van der Waals surface area contributed by atoms with E-state index >= 15 is 0 Å². The molecule has 1 N–H and O–H groups in total. The molecule has 1 saturated carbocycles. The van der Waals surface area contributed by atoms with Crippen molar-refractivity contribution in [2.75, 3.05) is 19.7 Å². The zero-order valence-electron chi connectivity index (χ0n) is 12.7. The SMILES string of the molecule is CCNCC1(CCc2scnc2C)CCOC1C1CC1. The van der Waals surface area contributed by atoms with Gasteiger partial charge in [-0.15, -0.1) is 11.3 Å². The minimum atomic E-state index is 0.355. The first-order valence-corrected chi connectivity index (χ1v) is 8.84. The van der Waals surface area contributed by atoms with E-state index in [1.54, 1.807) is 0 Å². The third-order valence-electron chi connectivity index (χ3n) is 4.97. The molecule has 0 amide bonds. The minimum absolute atomic E-state index is 0.355. The lowest BCUT2D eigenvalue weighted by atomic mass is 9.75. The Balaban J connectivity index is 1.70. The molecule has 1 aromatic rings. The van der Waals surface area contributed by atoms with E-state index in [0.29, 0.717) is 11.5 Å². The highest BCUT2D eigenvalue weighted by atomic mass is 32.1. The van der Waals surface area contributed by atoms with Gasteiger partial charge in [0.1, 0.15) is 0 Å².